The van der Waals surface area contributed by atoms with Crippen molar-refractivity contribution in [3.63, 3.8) is 0 Å². The largest absolute Gasteiger partial charge is 0.460 e. The first-order valence-corrected chi connectivity index (χ1v) is 8.08. The number of aromatic nitrogens is 4. The summed E-state index contributed by atoms with van der Waals surface area (Å²) in [6.07, 6.45) is 0. The summed E-state index contributed by atoms with van der Waals surface area (Å²) in [6, 6.07) is 7.19. The lowest BCUT2D eigenvalue weighted by Crippen LogP contribution is -2.30. The maximum Gasteiger partial charge on any atom is 0.338 e. The van der Waals surface area contributed by atoms with Gasteiger partial charge < -0.3 is 14.8 Å². The second-order valence-corrected chi connectivity index (χ2v) is 6.11. The number of ether oxygens (including phenoxy) is 2. The first-order valence-electron chi connectivity index (χ1n) is 7.29. The number of hydrogen-bond donors (Lipinski definition) is 1. The quantitative estimate of drug-likeness (QED) is 0.612. The molecule has 1 aliphatic rings. The number of carbonyl (C=O) groups excluding carboxylic acids is 1. The molecule has 0 aliphatic carbocycles. The third-order valence-electron chi connectivity index (χ3n) is 3.62. The van der Waals surface area contributed by atoms with Crippen LogP contribution in [0.25, 0.3) is 0 Å². The number of benzene rings is 1. The molecule has 0 saturated carbocycles. The molecule has 0 spiro atoms. The molecule has 1 atom stereocenters. The van der Waals surface area contributed by atoms with Gasteiger partial charge in [0, 0.05) is 17.3 Å². The third-order valence-corrected chi connectivity index (χ3v) is 4.11. The molecule has 1 aliphatic heterocycles. The van der Waals surface area contributed by atoms with Gasteiger partial charge in [-0.1, -0.05) is 33.2 Å². The van der Waals surface area contributed by atoms with Gasteiger partial charge in [-0.3, -0.25) is 0 Å². The van der Waals surface area contributed by atoms with Gasteiger partial charge in [0.05, 0.1) is 12.2 Å². The number of halogens is 1. The fourth-order valence-electron chi connectivity index (χ4n) is 2.56. The summed E-state index contributed by atoms with van der Waals surface area (Å²) in [5.74, 6) is 0.0501. The second-order valence-electron chi connectivity index (χ2n) is 5.20. The Labute approximate surface area is 147 Å². The monoisotopic (exact) mass is 393 g/mol. The van der Waals surface area contributed by atoms with Gasteiger partial charge in [0.1, 0.15) is 12.6 Å². The average Bonchev–Trinajstić information content (AvgIpc) is 3.01. The van der Waals surface area contributed by atoms with Crippen LogP contribution in [-0.4, -0.2) is 46.5 Å². The molecule has 24 heavy (non-hydrogen) atoms. The molecule has 2 aromatic rings. The van der Waals surface area contributed by atoms with E-state index in [0.717, 1.165) is 10.0 Å². The summed E-state index contributed by atoms with van der Waals surface area (Å²) < 4.78 is 12.7. The standard InChI is InChI=1S/C15H16BrN5O3/c1-9-12(14(22)24-7-6-23-2)13(10-4-3-5-11(16)8-10)21-15(17-9)18-19-20-21/h3-5,8,13H,6-7H2,1-2H3,(H,17,18,20). The highest BCUT2D eigenvalue weighted by Gasteiger charge is 2.34. The molecule has 1 N–H and O–H groups in total. The number of hydrogen-bond acceptors (Lipinski definition) is 7. The Morgan fingerprint density at radius 2 is 2.25 bits per heavy atom. The zero-order valence-electron chi connectivity index (χ0n) is 13.2. The van der Waals surface area contributed by atoms with Crippen molar-refractivity contribution in [2.75, 3.05) is 25.6 Å². The lowest BCUT2D eigenvalue weighted by atomic mass is 9.96. The summed E-state index contributed by atoms with van der Waals surface area (Å²) in [7, 11) is 1.55. The Bertz CT molecular complexity index is 789. The van der Waals surface area contributed by atoms with E-state index in [1.165, 1.54) is 0 Å². The van der Waals surface area contributed by atoms with Crippen molar-refractivity contribution in [3.8, 4) is 0 Å². The molecule has 1 unspecified atom stereocenters. The zero-order valence-corrected chi connectivity index (χ0v) is 14.8. The van der Waals surface area contributed by atoms with Gasteiger partial charge >= 0.3 is 5.97 Å². The van der Waals surface area contributed by atoms with Crippen molar-refractivity contribution in [3.05, 3.63) is 45.6 Å². The maximum atomic E-state index is 12.6. The van der Waals surface area contributed by atoms with Crippen LogP contribution in [0.3, 0.4) is 0 Å². The number of nitrogens with one attached hydrogen (secondary N) is 1. The minimum absolute atomic E-state index is 0.180. The molecule has 9 heteroatoms. The third kappa shape index (κ3) is 3.17. The Hall–Kier alpha value is -2.26. The van der Waals surface area contributed by atoms with Crippen LogP contribution in [0.2, 0.25) is 0 Å². The van der Waals surface area contributed by atoms with E-state index in [4.69, 9.17) is 9.47 Å². The van der Waals surface area contributed by atoms with Crippen LogP contribution in [0.4, 0.5) is 5.95 Å². The number of nitrogens with zero attached hydrogens (tertiary/aromatic N) is 4. The molecule has 1 aromatic carbocycles. The number of carbonyl (C=O) groups is 1. The van der Waals surface area contributed by atoms with Gasteiger partial charge in [-0.25, -0.2) is 4.79 Å². The molecule has 0 fully saturated rings. The number of fused-ring (bicyclic) bond motifs is 1. The predicted molar refractivity (Wildman–Crippen MR) is 89.3 cm³/mol. The van der Waals surface area contributed by atoms with Crippen molar-refractivity contribution in [1.82, 2.24) is 20.2 Å². The van der Waals surface area contributed by atoms with Crippen LogP contribution in [-0.2, 0) is 14.3 Å². The van der Waals surface area contributed by atoms with Crippen molar-refractivity contribution in [1.29, 1.82) is 0 Å². The number of allylic oxidation sites excluding steroid dienone is 1. The summed E-state index contributed by atoms with van der Waals surface area (Å²) in [5.41, 5.74) is 1.99. The Kier molecular flexibility index (Phi) is 4.91. The minimum atomic E-state index is -0.469. The van der Waals surface area contributed by atoms with Crippen LogP contribution in [0.5, 0.6) is 0 Å². The van der Waals surface area contributed by atoms with E-state index in [9.17, 15) is 4.79 Å². The van der Waals surface area contributed by atoms with Crippen LogP contribution in [0, 0.1) is 0 Å². The number of anilines is 1. The number of rotatable bonds is 5. The average molecular weight is 394 g/mol. The lowest BCUT2D eigenvalue weighted by molar-refractivity contribution is -0.140. The molecule has 0 saturated heterocycles. The lowest BCUT2D eigenvalue weighted by Gasteiger charge is -2.27. The highest BCUT2D eigenvalue weighted by atomic mass is 79.9. The van der Waals surface area contributed by atoms with E-state index in [2.05, 4.69) is 36.8 Å². The minimum Gasteiger partial charge on any atom is -0.460 e. The predicted octanol–water partition coefficient (Wildman–Crippen LogP) is 1.91. The van der Waals surface area contributed by atoms with E-state index in [0.29, 0.717) is 23.8 Å². The first kappa shape index (κ1) is 16.6. The Morgan fingerprint density at radius 3 is 3.00 bits per heavy atom. The van der Waals surface area contributed by atoms with Crippen molar-refractivity contribution < 1.29 is 14.3 Å². The molecule has 8 nitrogen and oxygen atoms in total. The normalized spacial score (nSPS) is 16.5. The van der Waals surface area contributed by atoms with Gasteiger partial charge in [0.15, 0.2) is 0 Å². The summed E-state index contributed by atoms with van der Waals surface area (Å²) in [6.45, 7) is 2.32. The molecule has 3 rings (SSSR count). The molecule has 0 bridgehead atoms. The summed E-state index contributed by atoms with van der Waals surface area (Å²) in [4.78, 5) is 12.6. The highest BCUT2D eigenvalue weighted by Crippen LogP contribution is 2.35. The van der Waals surface area contributed by atoms with E-state index in [1.54, 1.807) is 18.7 Å². The maximum absolute atomic E-state index is 12.6. The van der Waals surface area contributed by atoms with Gasteiger partial charge in [-0.2, -0.15) is 4.68 Å². The van der Waals surface area contributed by atoms with Crippen molar-refractivity contribution in [2.24, 2.45) is 0 Å². The molecular weight excluding hydrogens is 378 g/mol. The van der Waals surface area contributed by atoms with Crippen LogP contribution < -0.4 is 5.32 Å². The van der Waals surface area contributed by atoms with Crippen LogP contribution in [0.1, 0.15) is 18.5 Å². The zero-order chi connectivity index (χ0) is 17.1. The smallest absolute Gasteiger partial charge is 0.338 e. The van der Waals surface area contributed by atoms with E-state index >= 15 is 0 Å². The SMILES string of the molecule is COCCOC(=O)C1=C(C)Nc2nnnn2C1c1cccc(Br)c1. The van der Waals surface area contributed by atoms with E-state index in [1.807, 2.05) is 24.3 Å². The van der Waals surface area contributed by atoms with Gasteiger partial charge in [-0.15, -0.1) is 0 Å². The van der Waals surface area contributed by atoms with Crippen LogP contribution in [0.15, 0.2) is 40.0 Å². The summed E-state index contributed by atoms with van der Waals surface area (Å²) in [5, 5.41) is 14.7. The molecule has 2 heterocycles. The number of methoxy groups -OCH3 is 1. The van der Waals surface area contributed by atoms with Gasteiger partial charge in [0.2, 0.25) is 5.95 Å². The van der Waals surface area contributed by atoms with E-state index in [-0.39, 0.29) is 6.61 Å². The fourth-order valence-corrected chi connectivity index (χ4v) is 2.97. The topological polar surface area (TPSA) is 91.2 Å². The molecule has 126 valence electrons. The number of tetrazole rings is 1. The van der Waals surface area contributed by atoms with Crippen LogP contribution >= 0.6 is 15.9 Å². The van der Waals surface area contributed by atoms with Crippen molar-refractivity contribution >= 4 is 27.8 Å². The number of esters is 1. The molecular formula is C15H16BrN5O3. The highest BCUT2D eigenvalue weighted by molar-refractivity contribution is 9.10. The van der Waals surface area contributed by atoms with Gasteiger partial charge in [-0.05, 0) is 35.0 Å². The van der Waals surface area contributed by atoms with Gasteiger partial charge in [0.25, 0.3) is 0 Å². The summed E-state index contributed by atoms with van der Waals surface area (Å²) >= 11 is 3.46. The van der Waals surface area contributed by atoms with E-state index < -0.39 is 12.0 Å². The molecule has 0 amide bonds. The first-order chi connectivity index (χ1) is 11.6. The molecule has 0 radical (unpaired) electrons. The molecule has 1 aromatic heterocycles. The Balaban J connectivity index is 2.02. The van der Waals surface area contributed by atoms with Crippen molar-refractivity contribution in [2.45, 2.75) is 13.0 Å². The fraction of sp³-hybridized carbons (Fsp3) is 0.333. The Morgan fingerprint density at radius 1 is 1.42 bits per heavy atom. The second kappa shape index (κ2) is 7.10.